The minimum atomic E-state index is -0.343. The Kier molecular flexibility index (Phi) is 1.19. The molecule has 1 rings (SSSR count). The van der Waals surface area contributed by atoms with Crippen LogP contribution in [-0.2, 0) is 0 Å². The van der Waals surface area contributed by atoms with Gasteiger partial charge in [-0.25, -0.2) is 4.79 Å². The molecule has 0 aliphatic carbocycles. The number of quaternary nitrogens is 1. The van der Waals surface area contributed by atoms with E-state index in [2.05, 4.69) is 0 Å². The maximum absolute atomic E-state index is 10.5. The lowest BCUT2D eigenvalue weighted by Gasteiger charge is -2.09. The number of hydrogen-bond acceptors (Lipinski definition) is 2. The van der Waals surface area contributed by atoms with Crippen LogP contribution in [0.15, 0.2) is 0 Å². The van der Waals surface area contributed by atoms with Crippen molar-refractivity contribution in [2.75, 3.05) is 20.1 Å². The van der Waals surface area contributed by atoms with Crippen molar-refractivity contribution in [3.63, 3.8) is 0 Å². The van der Waals surface area contributed by atoms with E-state index in [0.717, 1.165) is 0 Å². The van der Waals surface area contributed by atoms with Crippen molar-refractivity contribution in [3.8, 4) is 0 Å². The summed E-state index contributed by atoms with van der Waals surface area (Å²) in [4.78, 5) is 11.9. The molecule has 0 aromatic rings. The Balaban J connectivity index is 2.57. The third-order valence-corrected chi connectivity index (χ3v) is 1.26. The molecule has 0 bridgehead atoms. The number of carbonyl (C=O) groups is 1. The van der Waals surface area contributed by atoms with Gasteiger partial charge in [0.1, 0.15) is 6.54 Å². The molecule has 4 heteroatoms. The molecule has 0 spiro atoms. The summed E-state index contributed by atoms with van der Waals surface area (Å²) in [5.74, 6) is 0. The third-order valence-electron chi connectivity index (χ3n) is 1.26. The number of urea groups is 1. The minimum absolute atomic E-state index is 0.257. The Labute approximate surface area is 47.3 Å². The molecule has 1 unspecified atom stereocenters. The van der Waals surface area contributed by atoms with Crippen LogP contribution >= 0.6 is 0 Å². The number of hydroxylamine groups is 2. The number of likely N-dealkylation sites (N-methyl/N-ethyl adjacent to an activating group) is 1. The van der Waals surface area contributed by atoms with Crippen LogP contribution < -0.4 is 5.06 Å². The first-order valence-electron chi connectivity index (χ1n) is 2.50. The molecule has 1 N–H and O–H groups in total. The number of amides is 2. The van der Waals surface area contributed by atoms with Crippen molar-refractivity contribution in [1.29, 1.82) is 0 Å². The first kappa shape index (κ1) is 5.53. The molecule has 1 fully saturated rings. The molecule has 2 amide bonds. The highest BCUT2D eigenvalue weighted by Crippen LogP contribution is 1.82. The summed E-state index contributed by atoms with van der Waals surface area (Å²) >= 11 is 0. The van der Waals surface area contributed by atoms with Crippen LogP contribution in [-0.4, -0.2) is 31.1 Å². The van der Waals surface area contributed by atoms with Gasteiger partial charge in [-0.3, -0.25) is 9.96 Å². The Bertz CT molecular complexity index is 103. The smallest absolute Gasteiger partial charge is 0.417 e. The maximum atomic E-state index is 10.5. The Morgan fingerprint density at radius 2 is 2.50 bits per heavy atom. The molecule has 8 heavy (non-hydrogen) atoms. The van der Waals surface area contributed by atoms with Crippen molar-refractivity contribution in [3.05, 3.63) is 5.21 Å². The van der Waals surface area contributed by atoms with Crippen LogP contribution in [0.25, 0.3) is 0 Å². The molecule has 0 aromatic carbocycles. The van der Waals surface area contributed by atoms with Crippen LogP contribution in [0.2, 0.25) is 0 Å². The third kappa shape index (κ3) is 0.677. The molecule has 1 aliphatic heterocycles. The molecule has 1 saturated heterocycles. The van der Waals surface area contributed by atoms with Crippen molar-refractivity contribution in [2.24, 2.45) is 0 Å². The average Bonchev–Trinajstić information content (AvgIpc) is 1.98. The summed E-state index contributed by atoms with van der Waals surface area (Å²) in [7, 11) is 1.63. The summed E-state index contributed by atoms with van der Waals surface area (Å²) in [5, 5.41) is 10.1. The average molecular weight is 116 g/mol. The lowest BCUT2D eigenvalue weighted by atomic mass is 10.7. The number of nitrogens with zero attached hydrogens (tertiary/aromatic N) is 1. The second-order valence-electron chi connectivity index (χ2n) is 1.90. The fourth-order valence-corrected chi connectivity index (χ4v) is 0.691. The summed E-state index contributed by atoms with van der Waals surface area (Å²) in [6, 6.07) is -0.343. The summed E-state index contributed by atoms with van der Waals surface area (Å²) in [6.45, 7) is 0.993. The molecule has 4 nitrogen and oxygen atoms in total. The number of rotatable bonds is 0. The van der Waals surface area contributed by atoms with Crippen LogP contribution in [0.4, 0.5) is 4.79 Å². The summed E-state index contributed by atoms with van der Waals surface area (Å²) in [6.07, 6.45) is 0. The standard InChI is InChI=1S/C4H8N2O2/c1-5-2-3-6(8)4(5)7/h6H,2-3H2,1H3. The van der Waals surface area contributed by atoms with Gasteiger partial charge >= 0.3 is 6.03 Å². The van der Waals surface area contributed by atoms with E-state index in [1.165, 1.54) is 4.90 Å². The van der Waals surface area contributed by atoms with Gasteiger partial charge in [0.05, 0.1) is 6.54 Å². The van der Waals surface area contributed by atoms with Crippen LogP contribution in [0.5, 0.6) is 0 Å². The monoisotopic (exact) mass is 116 g/mol. The van der Waals surface area contributed by atoms with Gasteiger partial charge in [-0.1, -0.05) is 0 Å². The lowest BCUT2D eigenvalue weighted by Crippen LogP contribution is -3.08. The lowest BCUT2D eigenvalue weighted by molar-refractivity contribution is -0.747. The van der Waals surface area contributed by atoms with E-state index in [9.17, 15) is 10.0 Å². The van der Waals surface area contributed by atoms with Crippen molar-refractivity contribution < 1.29 is 9.86 Å². The molecular weight excluding hydrogens is 108 g/mol. The van der Waals surface area contributed by atoms with Crippen LogP contribution in [0, 0.1) is 5.21 Å². The Morgan fingerprint density at radius 3 is 2.62 bits per heavy atom. The fourth-order valence-electron chi connectivity index (χ4n) is 0.691. The van der Waals surface area contributed by atoms with E-state index >= 15 is 0 Å². The first-order chi connectivity index (χ1) is 3.72. The minimum Gasteiger partial charge on any atom is -0.625 e. The van der Waals surface area contributed by atoms with Crippen molar-refractivity contribution >= 4 is 6.03 Å². The normalized spacial score (nSPS) is 29.5. The second-order valence-corrected chi connectivity index (χ2v) is 1.90. The molecule has 0 aromatic heterocycles. The fraction of sp³-hybridized carbons (Fsp3) is 0.750. The maximum Gasteiger partial charge on any atom is 0.417 e. The van der Waals surface area contributed by atoms with Gasteiger partial charge in [0.25, 0.3) is 0 Å². The van der Waals surface area contributed by atoms with Crippen molar-refractivity contribution in [1.82, 2.24) is 4.90 Å². The quantitative estimate of drug-likeness (QED) is 0.389. The van der Waals surface area contributed by atoms with E-state index in [4.69, 9.17) is 0 Å². The molecular formula is C4H8N2O2. The van der Waals surface area contributed by atoms with Crippen LogP contribution in [0.3, 0.4) is 0 Å². The number of nitrogens with one attached hydrogen (secondary N) is 1. The number of carbonyl (C=O) groups excluding carboxylic acids is 1. The Hall–Kier alpha value is -0.610. The number of hydrogen-bond donors (Lipinski definition) is 1. The van der Waals surface area contributed by atoms with E-state index in [1.807, 2.05) is 0 Å². The van der Waals surface area contributed by atoms with Gasteiger partial charge in [0.2, 0.25) is 0 Å². The second kappa shape index (κ2) is 1.72. The molecule has 46 valence electrons. The highest BCUT2D eigenvalue weighted by atomic mass is 16.5. The van der Waals surface area contributed by atoms with E-state index in [0.29, 0.717) is 13.1 Å². The molecule has 1 heterocycles. The van der Waals surface area contributed by atoms with Gasteiger partial charge < -0.3 is 5.21 Å². The van der Waals surface area contributed by atoms with Gasteiger partial charge in [-0.2, -0.15) is 0 Å². The molecule has 0 radical (unpaired) electrons. The summed E-state index contributed by atoms with van der Waals surface area (Å²) < 4.78 is 0. The zero-order valence-corrected chi connectivity index (χ0v) is 4.68. The zero-order valence-electron chi connectivity index (χ0n) is 4.68. The van der Waals surface area contributed by atoms with E-state index < -0.39 is 0 Å². The predicted molar refractivity (Wildman–Crippen MR) is 27.2 cm³/mol. The SMILES string of the molecule is CN1CC[NH+]([O-])C1=O. The van der Waals surface area contributed by atoms with Crippen LogP contribution in [0.1, 0.15) is 0 Å². The van der Waals surface area contributed by atoms with Crippen molar-refractivity contribution in [2.45, 2.75) is 0 Å². The van der Waals surface area contributed by atoms with E-state index in [-0.39, 0.29) is 11.1 Å². The molecule has 0 saturated carbocycles. The van der Waals surface area contributed by atoms with Gasteiger partial charge in [0, 0.05) is 7.05 Å². The molecule has 1 aliphatic rings. The topological polar surface area (TPSA) is 47.8 Å². The highest BCUT2D eigenvalue weighted by molar-refractivity contribution is 5.65. The molecule has 1 atom stereocenters. The van der Waals surface area contributed by atoms with Gasteiger partial charge in [-0.05, 0) is 0 Å². The largest absolute Gasteiger partial charge is 0.625 e. The Morgan fingerprint density at radius 1 is 1.88 bits per heavy atom. The first-order valence-corrected chi connectivity index (χ1v) is 2.50. The predicted octanol–water partition coefficient (Wildman–Crippen LogP) is -1.57. The summed E-state index contributed by atoms with van der Waals surface area (Å²) in [5.41, 5.74) is 0. The zero-order chi connectivity index (χ0) is 6.15. The van der Waals surface area contributed by atoms with E-state index in [1.54, 1.807) is 7.05 Å². The van der Waals surface area contributed by atoms with Gasteiger partial charge in [-0.15, -0.1) is 0 Å². The van der Waals surface area contributed by atoms with Gasteiger partial charge in [0.15, 0.2) is 0 Å². The highest BCUT2D eigenvalue weighted by Gasteiger charge is 2.24.